The summed E-state index contributed by atoms with van der Waals surface area (Å²) in [5.41, 5.74) is -0.00650. The molecular weight excluding hydrogens is 312 g/mol. The van der Waals surface area contributed by atoms with Crippen LogP contribution in [0, 0.1) is 11.8 Å². The third-order valence-electron chi connectivity index (χ3n) is 6.12. The first-order valence-corrected chi connectivity index (χ1v) is 10.6. The van der Waals surface area contributed by atoms with E-state index in [1.165, 1.54) is 51.4 Å². The molecule has 0 spiro atoms. The topological polar surface area (TPSA) is 27.7 Å². The predicted octanol–water partition coefficient (Wildman–Crippen LogP) is 5.75. The Morgan fingerprint density at radius 2 is 1.56 bits per heavy atom. The van der Waals surface area contributed by atoms with Gasteiger partial charge in [-0.15, -0.1) is 0 Å². The maximum Gasteiger partial charge on any atom is 0.0625 e. The summed E-state index contributed by atoms with van der Waals surface area (Å²) in [6.45, 7) is 11.0. The van der Waals surface area contributed by atoms with Crippen molar-refractivity contribution in [2.24, 2.45) is 11.8 Å². The van der Waals surface area contributed by atoms with Crippen LogP contribution >= 0.6 is 0 Å². The highest BCUT2D eigenvalue weighted by molar-refractivity contribution is 4.82. The molecule has 2 fully saturated rings. The van der Waals surface area contributed by atoms with Gasteiger partial charge in [0.1, 0.15) is 0 Å². The van der Waals surface area contributed by atoms with E-state index in [0.717, 1.165) is 18.3 Å². The van der Waals surface area contributed by atoms with Gasteiger partial charge < -0.3 is 14.2 Å². The van der Waals surface area contributed by atoms with Crippen LogP contribution in [0.5, 0.6) is 0 Å². The van der Waals surface area contributed by atoms with Crippen molar-refractivity contribution < 1.29 is 14.2 Å². The van der Waals surface area contributed by atoms with E-state index in [-0.39, 0.29) is 5.60 Å². The van der Waals surface area contributed by atoms with E-state index in [4.69, 9.17) is 14.2 Å². The summed E-state index contributed by atoms with van der Waals surface area (Å²) in [7, 11) is 1.83. The summed E-state index contributed by atoms with van der Waals surface area (Å²) in [4.78, 5) is 0. The zero-order chi connectivity index (χ0) is 18.4. The van der Waals surface area contributed by atoms with E-state index in [1.807, 2.05) is 7.11 Å². The second-order valence-corrected chi connectivity index (χ2v) is 9.49. The molecule has 148 valence electrons. The summed E-state index contributed by atoms with van der Waals surface area (Å²) < 4.78 is 18.1. The van der Waals surface area contributed by atoms with E-state index in [9.17, 15) is 0 Å². The van der Waals surface area contributed by atoms with E-state index >= 15 is 0 Å². The van der Waals surface area contributed by atoms with Gasteiger partial charge in [-0.1, -0.05) is 12.8 Å². The van der Waals surface area contributed by atoms with Crippen molar-refractivity contribution in [3.63, 3.8) is 0 Å². The minimum atomic E-state index is -0.00650. The molecule has 0 amide bonds. The third kappa shape index (κ3) is 7.56. The van der Waals surface area contributed by atoms with Gasteiger partial charge in [0.05, 0.1) is 30.0 Å². The van der Waals surface area contributed by atoms with Crippen LogP contribution in [-0.2, 0) is 14.2 Å². The average Bonchev–Trinajstić information content (AvgIpc) is 2.93. The number of rotatable bonds is 9. The molecule has 2 aliphatic carbocycles. The summed E-state index contributed by atoms with van der Waals surface area (Å²) in [5, 5.41) is 0. The van der Waals surface area contributed by atoms with E-state index in [0.29, 0.717) is 24.4 Å². The Labute approximate surface area is 156 Å². The highest BCUT2D eigenvalue weighted by Crippen LogP contribution is 2.36. The normalized spacial score (nSPS) is 32.3. The Morgan fingerprint density at radius 3 is 2.24 bits per heavy atom. The standard InChI is InChI=1S/C22H42O3/c1-16(2)24-21-11-10-18(13-21)12-17(3)25-20-9-7-8-19(14-20)15-22(4,5)23-6/h16-21H,7-15H2,1-6H3/t17-,18?,19?,20?,21?/m0/s1. The molecule has 0 saturated heterocycles. The van der Waals surface area contributed by atoms with Crippen molar-refractivity contribution in [2.45, 2.75) is 122 Å². The van der Waals surface area contributed by atoms with Gasteiger partial charge in [-0.05, 0) is 91.4 Å². The zero-order valence-electron chi connectivity index (χ0n) is 17.6. The molecule has 0 aromatic carbocycles. The quantitative estimate of drug-likeness (QED) is 0.527. The Balaban J connectivity index is 1.70. The molecular formula is C22H42O3. The highest BCUT2D eigenvalue weighted by Gasteiger charge is 2.31. The van der Waals surface area contributed by atoms with Gasteiger partial charge in [-0.2, -0.15) is 0 Å². The highest BCUT2D eigenvalue weighted by atomic mass is 16.5. The van der Waals surface area contributed by atoms with Crippen LogP contribution in [0.15, 0.2) is 0 Å². The first-order valence-electron chi connectivity index (χ1n) is 10.6. The lowest BCUT2D eigenvalue weighted by Crippen LogP contribution is -2.32. The molecule has 3 nitrogen and oxygen atoms in total. The fraction of sp³-hybridized carbons (Fsp3) is 1.00. The molecule has 0 heterocycles. The molecule has 2 rings (SSSR count). The van der Waals surface area contributed by atoms with Crippen LogP contribution in [0.2, 0.25) is 0 Å². The van der Waals surface area contributed by atoms with Crippen molar-refractivity contribution in [3.05, 3.63) is 0 Å². The van der Waals surface area contributed by atoms with Crippen LogP contribution in [0.1, 0.15) is 92.4 Å². The lowest BCUT2D eigenvalue weighted by Gasteiger charge is -2.35. The molecule has 5 atom stereocenters. The minimum absolute atomic E-state index is 0.00650. The molecule has 25 heavy (non-hydrogen) atoms. The lowest BCUT2D eigenvalue weighted by molar-refractivity contribution is -0.0569. The largest absolute Gasteiger partial charge is 0.379 e. The van der Waals surface area contributed by atoms with Crippen LogP contribution in [-0.4, -0.2) is 37.1 Å². The van der Waals surface area contributed by atoms with Gasteiger partial charge in [-0.25, -0.2) is 0 Å². The molecule has 2 saturated carbocycles. The Kier molecular flexibility index (Phi) is 8.23. The van der Waals surface area contributed by atoms with Crippen molar-refractivity contribution in [1.29, 1.82) is 0 Å². The van der Waals surface area contributed by atoms with Crippen molar-refractivity contribution in [3.8, 4) is 0 Å². The van der Waals surface area contributed by atoms with E-state index in [1.54, 1.807) is 0 Å². The second-order valence-electron chi connectivity index (χ2n) is 9.49. The molecule has 0 aromatic heterocycles. The zero-order valence-corrected chi connectivity index (χ0v) is 17.6. The number of methoxy groups -OCH3 is 1. The predicted molar refractivity (Wildman–Crippen MR) is 104 cm³/mol. The molecule has 4 unspecified atom stereocenters. The fourth-order valence-corrected chi connectivity index (χ4v) is 4.93. The van der Waals surface area contributed by atoms with E-state index < -0.39 is 0 Å². The molecule has 0 aromatic rings. The molecule has 0 radical (unpaired) electrons. The smallest absolute Gasteiger partial charge is 0.0625 e. The Bertz CT molecular complexity index is 379. The maximum absolute atomic E-state index is 6.47. The van der Waals surface area contributed by atoms with E-state index in [2.05, 4.69) is 34.6 Å². The molecule has 0 aliphatic heterocycles. The third-order valence-corrected chi connectivity index (χ3v) is 6.12. The van der Waals surface area contributed by atoms with Gasteiger partial charge in [0.2, 0.25) is 0 Å². The minimum Gasteiger partial charge on any atom is -0.379 e. The average molecular weight is 355 g/mol. The summed E-state index contributed by atoms with van der Waals surface area (Å²) in [6.07, 6.45) is 12.8. The first kappa shape index (κ1) is 21.2. The first-order chi connectivity index (χ1) is 11.8. The SMILES string of the molecule is COC(C)(C)CC1CCCC(O[C@@H](C)CC2CCC(OC(C)C)C2)C1. The van der Waals surface area contributed by atoms with Gasteiger partial charge in [0.25, 0.3) is 0 Å². The molecule has 0 bridgehead atoms. The van der Waals surface area contributed by atoms with Gasteiger partial charge in [-0.3, -0.25) is 0 Å². The summed E-state index contributed by atoms with van der Waals surface area (Å²) >= 11 is 0. The van der Waals surface area contributed by atoms with Gasteiger partial charge in [0.15, 0.2) is 0 Å². The number of hydrogen-bond donors (Lipinski definition) is 0. The van der Waals surface area contributed by atoms with Gasteiger partial charge in [0, 0.05) is 7.11 Å². The summed E-state index contributed by atoms with van der Waals surface area (Å²) in [5.74, 6) is 1.53. The van der Waals surface area contributed by atoms with Crippen molar-refractivity contribution in [1.82, 2.24) is 0 Å². The summed E-state index contributed by atoms with van der Waals surface area (Å²) in [6, 6.07) is 0. The molecule has 3 heteroatoms. The number of ether oxygens (including phenoxy) is 3. The van der Waals surface area contributed by atoms with Crippen LogP contribution < -0.4 is 0 Å². The Hall–Kier alpha value is -0.120. The van der Waals surface area contributed by atoms with Gasteiger partial charge >= 0.3 is 0 Å². The maximum atomic E-state index is 6.47. The molecule has 0 N–H and O–H groups in total. The Morgan fingerprint density at radius 1 is 0.880 bits per heavy atom. The lowest BCUT2D eigenvalue weighted by atomic mass is 9.80. The van der Waals surface area contributed by atoms with Crippen molar-refractivity contribution >= 4 is 0 Å². The number of hydrogen-bond acceptors (Lipinski definition) is 3. The van der Waals surface area contributed by atoms with Crippen LogP contribution in [0.3, 0.4) is 0 Å². The van der Waals surface area contributed by atoms with Crippen molar-refractivity contribution in [2.75, 3.05) is 7.11 Å². The molecule has 2 aliphatic rings. The second kappa shape index (κ2) is 9.71. The fourth-order valence-electron chi connectivity index (χ4n) is 4.93. The van der Waals surface area contributed by atoms with Crippen LogP contribution in [0.4, 0.5) is 0 Å². The monoisotopic (exact) mass is 354 g/mol. The van der Waals surface area contributed by atoms with Crippen LogP contribution in [0.25, 0.3) is 0 Å².